The Morgan fingerprint density at radius 3 is 2.00 bits per heavy atom. The number of hydrogen-bond acceptors (Lipinski definition) is 4. The number of allylic oxidation sites excluding steroid dienone is 2. The number of hydrogen-bond donors (Lipinski definition) is 1. The molecule has 2 atom stereocenters. The average Bonchev–Trinajstić information content (AvgIpc) is 2.89. The SMILES string of the molecule is CCCCCCCCCCCCCCCC=C1CCC(OC(C)OP(=O)(O)OCC[N+]2(C)CCCCC2)CC1. The molecule has 0 aromatic rings. The van der Waals surface area contributed by atoms with E-state index >= 15 is 0 Å². The van der Waals surface area contributed by atoms with Gasteiger partial charge >= 0.3 is 7.82 Å². The summed E-state index contributed by atoms with van der Waals surface area (Å²) < 4.78 is 29.8. The highest BCUT2D eigenvalue weighted by molar-refractivity contribution is 7.47. The Morgan fingerprint density at radius 2 is 1.44 bits per heavy atom. The standard InChI is InChI=1S/C32H62NO5P/c1-4-5-6-7-8-9-10-11-12-13-14-15-16-18-21-31-22-24-32(25-23-31)37-30(2)38-39(34,35)36-29-28-33(3)26-19-17-20-27-33/h21,30,32H,4-20,22-29H2,1-3H3/p+1. The second-order valence-electron chi connectivity index (χ2n) is 12.6. The van der Waals surface area contributed by atoms with E-state index in [2.05, 4.69) is 20.0 Å². The van der Waals surface area contributed by atoms with Crippen LogP contribution < -0.4 is 0 Å². The minimum Gasteiger partial charge on any atom is -0.349 e. The van der Waals surface area contributed by atoms with Crippen LogP contribution in [0.15, 0.2) is 11.6 Å². The topological polar surface area (TPSA) is 65.0 Å². The molecule has 1 saturated heterocycles. The number of phosphoric acid groups is 1. The first-order valence-corrected chi connectivity index (χ1v) is 18.1. The number of likely N-dealkylation sites (N-methyl/N-ethyl adjacent to an activating group) is 1. The van der Waals surface area contributed by atoms with Crippen LogP contribution in [0.4, 0.5) is 0 Å². The largest absolute Gasteiger partial charge is 0.474 e. The molecule has 0 aromatic heterocycles. The lowest BCUT2D eigenvalue weighted by molar-refractivity contribution is -0.914. The normalized spacial score (nSPS) is 21.9. The summed E-state index contributed by atoms with van der Waals surface area (Å²) in [5.41, 5.74) is 1.55. The Kier molecular flexibility index (Phi) is 18.5. The fraction of sp³-hybridized carbons (Fsp3) is 0.938. The van der Waals surface area contributed by atoms with Crippen LogP contribution in [0.25, 0.3) is 0 Å². The molecule has 2 rings (SSSR count). The maximum absolute atomic E-state index is 12.4. The number of nitrogens with zero attached hydrogens (tertiary/aromatic N) is 1. The lowest BCUT2D eigenvalue weighted by Gasteiger charge is -2.37. The Labute approximate surface area is 241 Å². The van der Waals surface area contributed by atoms with E-state index in [0.717, 1.165) is 49.8 Å². The summed E-state index contributed by atoms with van der Waals surface area (Å²) in [6, 6.07) is 0. The van der Waals surface area contributed by atoms with Crippen molar-refractivity contribution in [1.82, 2.24) is 0 Å². The van der Waals surface area contributed by atoms with Gasteiger partial charge in [-0.2, -0.15) is 0 Å². The molecule has 2 fully saturated rings. The van der Waals surface area contributed by atoms with Gasteiger partial charge in [0.25, 0.3) is 0 Å². The Bertz CT molecular complexity index is 684. The van der Waals surface area contributed by atoms with Gasteiger partial charge in [0, 0.05) is 0 Å². The van der Waals surface area contributed by atoms with Crippen molar-refractivity contribution < 1.29 is 27.7 Å². The third-order valence-corrected chi connectivity index (χ3v) is 9.83. The fourth-order valence-electron chi connectivity index (χ4n) is 6.16. The van der Waals surface area contributed by atoms with E-state index in [0.29, 0.717) is 0 Å². The van der Waals surface area contributed by atoms with Gasteiger partial charge in [-0.05, 0) is 64.7 Å². The van der Waals surface area contributed by atoms with Crippen LogP contribution in [0.1, 0.15) is 149 Å². The molecular formula is C32H63NO5P+. The lowest BCUT2D eigenvalue weighted by Crippen LogP contribution is -2.49. The molecule has 2 unspecified atom stereocenters. The van der Waals surface area contributed by atoms with Crippen LogP contribution in [-0.4, -0.2) is 55.1 Å². The zero-order valence-electron chi connectivity index (χ0n) is 25.9. The van der Waals surface area contributed by atoms with Crippen LogP contribution in [0.2, 0.25) is 0 Å². The van der Waals surface area contributed by atoms with Gasteiger partial charge in [0.05, 0.1) is 26.2 Å². The maximum atomic E-state index is 12.4. The molecule has 0 bridgehead atoms. The van der Waals surface area contributed by atoms with Crippen molar-refractivity contribution in [1.29, 1.82) is 0 Å². The van der Waals surface area contributed by atoms with Crippen molar-refractivity contribution in [2.45, 2.75) is 161 Å². The van der Waals surface area contributed by atoms with Crippen molar-refractivity contribution in [3.8, 4) is 0 Å². The summed E-state index contributed by atoms with van der Waals surface area (Å²) >= 11 is 0. The average molecular weight is 573 g/mol. The monoisotopic (exact) mass is 572 g/mol. The summed E-state index contributed by atoms with van der Waals surface area (Å²) in [5, 5.41) is 0. The summed E-state index contributed by atoms with van der Waals surface area (Å²) in [6.45, 7) is 7.17. The first-order chi connectivity index (χ1) is 18.8. The molecule has 230 valence electrons. The Morgan fingerprint density at radius 1 is 0.897 bits per heavy atom. The number of likely N-dealkylation sites (tertiary alicyclic amines) is 1. The highest BCUT2D eigenvalue weighted by atomic mass is 31.2. The lowest BCUT2D eigenvalue weighted by atomic mass is 9.91. The molecule has 1 aliphatic carbocycles. The third kappa shape index (κ3) is 17.4. The van der Waals surface area contributed by atoms with Crippen molar-refractivity contribution >= 4 is 7.82 Å². The number of piperidine rings is 1. The first kappa shape index (κ1) is 35.0. The maximum Gasteiger partial charge on any atom is 0.474 e. The van der Waals surface area contributed by atoms with Gasteiger partial charge < -0.3 is 14.1 Å². The fourth-order valence-corrected chi connectivity index (χ4v) is 6.96. The van der Waals surface area contributed by atoms with Crippen LogP contribution >= 0.6 is 7.82 Å². The second kappa shape index (κ2) is 20.6. The molecule has 1 aliphatic heterocycles. The van der Waals surface area contributed by atoms with E-state index in [-0.39, 0.29) is 12.7 Å². The number of phosphoric ester groups is 1. The molecule has 1 N–H and O–H groups in total. The summed E-state index contributed by atoms with van der Waals surface area (Å²) in [5.74, 6) is 0. The van der Waals surface area contributed by atoms with Gasteiger partial charge in [-0.25, -0.2) is 4.57 Å². The Balaban J connectivity index is 1.45. The Hall–Kier alpha value is -0.230. The molecule has 0 aromatic carbocycles. The highest BCUT2D eigenvalue weighted by Crippen LogP contribution is 2.45. The molecule has 2 aliphatic rings. The first-order valence-electron chi connectivity index (χ1n) is 16.6. The van der Waals surface area contributed by atoms with E-state index in [1.165, 1.54) is 109 Å². The zero-order chi connectivity index (χ0) is 28.2. The molecule has 0 radical (unpaired) electrons. The number of unbranched alkanes of at least 4 members (excludes halogenated alkanes) is 13. The molecule has 39 heavy (non-hydrogen) atoms. The van der Waals surface area contributed by atoms with Crippen LogP contribution in [0.3, 0.4) is 0 Å². The zero-order valence-corrected chi connectivity index (χ0v) is 26.8. The predicted octanol–water partition coefficient (Wildman–Crippen LogP) is 9.46. The van der Waals surface area contributed by atoms with Crippen molar-refractivity contribution in [2.75, 3.05) is 33.3 Å². The highest BCUT2D eigenvalue weighted by Gasteiger charge is 2.30. The molecule has 6 nitrogen and oxygen atoms in total. The van der Waals surface area contributed by atoms with Gasteiger partial charge in [0.15, 0.2) is 6.29 Å². The van der Waals surface area contributed by atoms with Crippen LogP contribution in [0, 0.1) is 0 Å². The molecular weight excluding hydrogens is 509 g/mol. The third-order valence-electron chi connectivity index (χ3n) is 8.76. The molecule has 0 spiro atoms. The number of quaternary nitrogens is 1. The van der Waals surface area contributed by atoms with Gasteiger partial charge in [-0.3, -0.25) is 9.05 Å². The minimum absolute atomic E-state index is 0.0753. The van der Waals surface area contributed by atoms with Crippen molar-refractivity contribution in [3.05, 3.63) is 11.6 Å². The van der Waals surface area contributed by atoms with Crippen LogP contribution in [-0.2, 0) is 18.3 Å². The van der Waals surface area contributed by atoms with E-state index in [9.17, 15) is 9.46 Å². The van der Waals surface area contributed by atoms with E-state index in [1.54, 1.807) is 12.5 Å². The smallest absolute Gasteiger partial charge is 0.349 e. The van der Waals surface area contributed by atoms with E-state index in [4.69, 9.17) is 13.8 Å². The van der Waals surface area contributed by atoms with Gasteiger partial charge in [-0.1, -0.05) is 95.6 Å². The van der Waals surface area contributed by atoms with Crippen molar-refractivity contribution in [3.63, 3.8) is 0 Å². The second-order valence-corrected chi connectivity index (χ2v) is 14.0. The van der Waals surface area contributed by atoms with E-state index < -0.39 is 14.1 Å². The van der Waals surface area contributed by atoms with E-state index in [1.807, 2.05) is 0 Å². The summed E-state index contributed by atoms with van der Waals surface area (Å²) in [4.78, 5) is 10.1. The molecule has 0 amide bonds. The molecule has 1 saturated carbocycles. The predicted molar refractivity (Wildman–Crippen MR) is 163 cm³/mol. The van der Waals surface area contributed by atoms with Gasteiger partial charge in [-0.15, -0.1) is 0 Å². The minimum atomic E-state index is -4.11. The number of ether oxygens (including phenoxy) is 1. The van der Waals surface area contributed by atoms with Crippen molar-refractivity contribution in [2.24, 2.45) is 0 Å². The van der Waals surface area contributed by atoms with Crippen LogP contribution in [0.5, 0.6) is 0 Å². The molecule has 1 heterocycles. The quantitative estimate of drug-likeness (QED) is 0.0460. The molecule has 7 heteroatoms. The number of rotatable bonds is 22. The summed E-state index contributed by atoms with van der Waals surface area (Å²) in [6.07, 6.45) is 28.9. The van der Waals surface area contributed by atoms with Gasteiger partial charge in [0.1, 0.15) is 13.2 Å². The summed E-state index contributed by atoms with van der Waals surface area (Å²) in [7, 11) is -1.91. The van der Waals surface area contributed by atoms with Gasteiger partial charge in [0.2, 0.25) is 0 Å².